The molecule has 3 aromatic rings. The molecule has 2 N–H and O–H groups in total. The highest BCUT2D eigenvalue weighted by atomic mass is 32.2. The summed E-state index contributed by atoms with van der Waals surface area (Å²) in [6.07, 6.45) is 3.70. The topological polar surface area (TPSA) is 88.2 Å². The Labute approximate surface area is 176 Å². The summed E-state index contributed by atoms with van der Waals surface area (Å²) in [6, 6.07) is 11.7. The Morgan fingerprint density at radius 1 is 1.18 bits per heavy atom. The Hall–Kier alpha value is -1.72. The van der Waals surface area contributed by atoms with Gasteiger partial charge in [0.25, 0.3) is 5.91 Å². The first-order valence-electron chi connectivity index (χ1n) is 8.29. The number of amides is 1. The average Bonchev–Trinajstić information content (AvgIpc) is 3.30. The van der Waals surface area contributed by atoms with Gasteiger partial charge in [0.05, 0.1) is 16.8 Å². The van der Waals surface area contributed by atoms with E-state index in [4.69, 9.17) is 0 Å². The van der Waals surface area contributed by atoms with Crippen molar-refractivity contribution >= 4 is 55.5 Å². The fraction of sp³-hybridized carbons (Fsp3) is 0.222. The largest absolute Gasteiger partial charge is 0.297 e. The van der Waals surface area contributed by atoms with Crippen molar-refractivity contribution in [2.75, 3.05) is 24.4 Å². The maximum Gasteiger partial charge on any atom is 0.267 e. The van der Waals surface area contributed by atoms with Gasteiger partial charge in [-0.2, -0.15) is 0 Å². The van der Waals surface area contributed by atoms with Gasteiger partial charge in [0.15, 0.2) is 5.13 Å². The van der Waals surface area contributed by atoms with E-state index in [0.717, 1.165) is 22.4 Å². The SMILES string of the molecule is CSc1ccc(-c2csc(NC(=O)c3ccc(CCNS(C)(=O)=O)s3)n2)cc1. The second-order valence-corrected chi connectivity index (χ2v) is 10.6. The Balaban J connectivity index is 1.60. The first-order chi connectivity index (χ1) is 13.3. The van der Waals surface area contributed by atoms with Crippen molar-refractivity contribution in [3.63, 3.8) is 0 Å². The number of hydrogen-bond donors (Lipinski definition) is 2. The first kappa shape index (κ1) is 21.0. The molecule has 6 nitrogen and oxygen atoms in total. The fourth-order valence-electron chi connectivity index (χ4n) is 2.38. The molecule has 0 radical (unpaired) electrons. The smallest absolute Gasteiger partial charge is 0.267 e. The minimum atomic E-state index is -3.20. The van der Waals surface area contributed by atoms with Crippen molar-refractivity contribution in [3.05, 3.63) is 51.5 Å². The Morgan fingerprint density at radius 2 is 1.93 bits per heavy atom. The second-order valence-electron chi connectivity index (χ2n) is 5.90. The van der Waals surface area contributed by atoms with E-state index in [1.807, 2.05) is 42.0 Å². The molecule has 3 rings (SSSR count). The molecule has 1 amide bonds. The minimum absolute atomic E-state index is 0.217. The van der Waals surface area contributed by atoms with Gasteiger partial charge in [-0.25, -0.2) is 18.1 Å². The van der Waals surface area contributed by atoms with Crippen LogP contribution in [0.2, 0.25) is 0 Å². The molecule has 28 heavy (non-hydrogen) atoms. The molecule has 2 aromatic heterocycles. The highest BCUT2D eigenvalue weighted by Crippen LogP contribution is 2.27. The van der Waals surface area contributed by atoms with Gasteiger partial charge in [0.2, 0.25) is 10.0 Å². The van der Waals surface area contributed by atoms with Crippen molar-refractivity contribution in [1.82, 2.24) is 9.71 Å². The normalized spacial score (nSPS) is 11.5. The lowest BCUT2D eigenvalue weighted by Gasteiger charge is -2.00. The number of nitrogens with zero attached hydrogens (tertiary/aromatic N) is 1. The van der Waals surface area contributed by atoms with Crippen molar-refractivity contribution in [3.8, 4) is 11.3 Å². The maximum absolute atomic E-state index is 12.4. The molecule has 0 saturated carbocycles. The number of hydrogen-bond acceptors (Lipinski definition) is 7. The van der Waals surface area contributed by atoms with Crippen LogP contribution in [0.25, 0.3) is 11.3 Å². The molecule has 0 aliphatic carbocycles. The Morgan fingerprint density at radius 3 is 2.61 bits per heavy atom. The summed E-state index contributed by atoms with van der Waals surface area (Å²) in [4.78, 5) is 19.6. The minimum Gasteiger partial charge on any atom is -0.297 e. The molecule has 0 saturated heterocycles. The molecule has 0 atom stereocenters. The Kier molecular flexibility index (Phi) is 6.89. The standard InChI is InChI=1S/C18H19N3O3S4/c1-25-13-5-3-12(4-6-13)15-11-26-18(20-15)21-17(22)16-8-7-14(27-16)9-10-19-28(2,23)24/h3-8,11,19H,9-10H2,1-2H3,(H,20,21,22). The van der Waals surface area contributed by atoms with Crippen LogP contribution in [-0.4, -0.2) is 38.4 Å². The van der Waals surface area contributed by atoms with Crippen LogP contribution in [0.5, 0.6) is 0 Å². The molecule has 0 unspecified atom stereocenters. The van der Waals surface area contributed by atoms with E-state index in [9.17, 15) is 13.2 Å². The quantitative estimate of drug-likeness (QED) is 0.505. The number of aromatic nitrogens is 1. The van der Waals surface area contributed by atoms with Crippen LogP contribution in [0.1, 0.15) is 14.5 Å². The van der Waals surface area contributed by atoms with E-state index in [1.54, 1.807) is 17.8 Å². The van der Waals surface area contributed by atoms with Crippen LogP contribution in [0.15, 0.2) is 46.7 Å². The van der Waals surface area contributed by atoms with Gasteiger partial charge < -0.3 is 0 Å². The monoisotopic (exact) mass is 453 g/mol. The number of anilines is 1. The summed E-state index contributed by atoms with van der Waals surface area (Å²) in [5.74, 6) is -0.217. The predicted molar refractivity (Wildman–Crippen MR) is 118 cm³/mol. The molecule has 10 heteroatoms. The van der Waals surface area contributed by atoms with E-state index >= 15 is 0 Å². The van der Waals surface area contributed by atoms with Crippen LogP contribution in [0.3, 0.4) is 0 Å². The molecular formula is C18H19N3O3S4. The molecule has 0 aliphatic rings. The molecular weight excluding hydrogens is 434 g/mol. The Bertz CT molecular complexity index is 1060. The lowest BCUT2D eigenvalue weighted by atomic mass is 10.2. The molecule has 0 fully saturated rings. The fourth-order valence-corrected chi connectivity index (χ4v) is 4.88. The summed E-state index contributed by atoms with van der Waals surface area (Å²) in [5, 5.41) is 5.29. The number of thiophene rings is 1. The summed E-state index contributed by atoms with van der Waals surface area (Å²) < 4.78 is 24.6. The first-order valence-corrected chi connectivity index (χ1v) is 13.1. The highest BCUT2D eigenvalue weighted by molar-refractivity contribution is 7.98. The zero-order valence-corrected chi connectivity index (χ0v) is 18.5. The number of carbonyl (C=O) groups is 1. The van der Waals surface area contributed by atoms with Gasteiger partial charge >= 0.3 is 0 Å². The molecule has 0 aliphatic heterocycles. The van der Waals surface area contributed by atoms with Crippen LogP contribution < -0.4 is 10.0 Å². The summed E-state index contributed by atoms with van der Waals surface area (Å²) >= 11 is 4.41. The van der Waals surface area contributed by atoms with Crippen molar-refractivity contribution in [2.24, 2.45) is 0 Å². The van der Waals surface area contributed by atoms with E-state index in [1.165, 1.54) is 27.6 Å². The molecule has 148 valence electrons. The molecule has 2 heterocycles. The second kappa shape index (κ2) is 9.19. The van der Waals surface area contributed by atoms with E-state index in [2.05, 4.69) is 15.0 Å². The molecule has 0 spiro atoms. The zero-order chi connectivity index (χ0) is 20.1. The lowest BCUT2D eigenvalue weighted by Crippen LogP contribution is -2.24. The predicted octanol–water partition coefficient (Wildman–Crippen LogP) is 3.94. The molecule has 0 bridgehead atoms. The average molecular weight is 454 g/mol. The number of carbonyl (C=O) groups excluding carboxylic acids is 1. The van der Waals surface area contributed by atoms with Gasteiger partial charge in [0.1, 0.15) is 0 Å². The van der Waals surface area contributed by atoms with Gasteiger partial charge in [-0.1, -0.05) is 12.1 Å². The van der Waals surface area contributed by atoms with Gasteiger partial charge in [-0.3, -0.25) is 10.1 Å². The van der Waals surface area contributed by atoms with E-state index < -0.39 is 10.0 Å². The number of thiazole rings is 1. The number of nitrogens with one attached hydrogen (secondary N) is 2. The van der Waals surface area contributed by atoms with Crippen molar-refractivity contribution in [1.29, 1.82) is 0 Å². The third-order valence-electron chi connectivity index (χ3n) is 3.73. The number of rotatable bonds is 8. The number of thioether (sulfide) groups is 1. The van der Waals surface area contributed by atoms with Gasteiger partial charge in [-0.05, 0) is 36.9 Å². The summed E-state index contributed by atoms with van der Waals surface area (Å²) in [5.41, 5.74) is 1.83. The van der Waals surface area contributed by atoms with Crippen LogP contribution in [-0.2, 0) is 16.4 Å². The van der Waals surface area contributed by atoms with Crippen molar-refractivity contribution < 1.29 is 13.2 Å². The third-order valence-corrected chi connectivity index (χ3v) is 7.11. The number of sulfonamides is 1. The van der Waals surface area contributed by atoms with E-state index in [0.29, 0.717) is 23.0 Å². The van der Waals surface area contributed by atoms with Crippen LogP contribution in [0, 0.1) is 0 Å². The van der Waals surface area contributed by atoms with E-state index in [-0.39, 0.29) is 5.91 Å². The summed E-state index contributed by atoms with van der Waals surface area (Å²) in [7, 11) is -3.20. The lowest BCUT2D eigenvalue weighted by molar-refractivity contribution is 0.103. The van der Waals surface area contributed by atoms with Gasteiger partial charge in [0, 0.05) is 27.3 Å². The maximum atomic E-state index is 12.4. The van der Waals surface area contributed by atoms with Crippen LogP contribution >= 0.6 is 34.4 Å². The van der Waals surface area contributed by atoms with Crippen molar-refractivity contribution in [2.45, 2.75) is 11.3 Å². The van der Waals surface area contributed by atoms with Gasteiger partial charge in [-0.15, -0.1) is 34.4 Å². The zero-order valence-electron chi connectivity index (χ0n) is 15.3. The third kappa shape index (κ3) is 5.89. The molecule has 1 aromatic carbocycles. The summed E-state index contributed by atoms with van der Waals surface area (Å²) in [6.45, 7) is 0.311. The highest BCUT2D eigenvalue weighted by Gasteiger charge is 2.13. The van der Waals surface area contributed by atoms with Crippen LogP contribution in [0.4, 0.5) is 5.13 Å². The number of benzene rings is 1.